The van der Waals surface area contributed by atoms with Gasteiger partial charge in [-0.2, -0.15) is 0 Å². The van der Waals surface area contributed by atoms with E-state index in [1.165, 1.54) is 17.9 Å². The number of esters is 1. The van der Waals surface area contributed by atoms with Crippen molar-refractivity contribution in [3.63, 3.8) is 0 Å². The molecule has 0 radical (unpaired) electrons. The fraction of sp³-hybridized carbons (Fsp3) is 0.167. The molecule has 1 heterocycles. The van der Waals surface area contributed by atoms with Gasteiger partial charge < -0.3 is 10.1 Å². The van der Waals surface area contributed by atoms with Gasteiger partial charge in [0.2, 0.25) is 0 Å². The smallest absolute Gasteiger partial charge is 0.338 e. The molecule has 0 saturated carbocycles. The zero-order valence-corrected chi connectivity index (χ0v) is 15.1. The van der Waals surface area contributed by atoms with Gasteiger partial charge in [-0.1, -0.05) is 29.8 Å². The highest BCUT2D eigenvalue weighted by Gasteiger charge is 2.19. The number of aromatic nitrogens is 4. The molecular weight excluding hydrogens is 370 g/mol. The molecule has 3 rings (SSSR count). The highest BCUT2D eigenvalue weighted by atomic mass is 35.5. The van der Waals surface area contributed by atoms with Crippen molar-refractivity contribution in [3.05, 3.63) is 71.0 Å². The third kappa shape index (κ3) is 4.68. The van der Waals surface area contributed by atoms with E-state index < -0.39 is 18.0 Å². The van der Waals surface area contributed by atoms with Gasteiger partial charge in [0, 0.05) is 11.6 Å². The van der Waals surface area contributed by atoms with Gasteiger partial charge in [-0.05, 0) is 53.2 Å². The summed E-state index contributed by atoms with van der Waals surface area (Å²) >= 11 is 6.05. The van der Waals surface area contributed by atoms with Crippen LogP contribution in [0.1, 0.15) is 22.8 Å². The highest BCUT2D eigenvalue weighted by Crippen LogP contribution is 2.14. The number of benzene rings is 2. The van der Waals surface area contributed by atoms with E-state index in [0.29, 0.717) is 16.3 Å². The molecule has 27 heavy (non-hydrogen) atoms. The number of carbonyl (C=O) groups excluding carboxylic acids is 2. The lowest BCUT2D eigenvalue weighted by atomic mass is 10.2. The normalized spacial score (nSPS) is 11.6. The van der Waals surface area contributed by atoms with Crippen LogP contribution in [0.4, 0.5) is 0 Å². The van der Waals surface area contributed by atoms with Crippen LogP contribution in [0.2, 0.25) is 5.02 Å². The molecule has 0 aliphatic rings. The first kappa shape index (κ1) is 18.5. The average molecular weight is 386 g/mol. The van der Waals surface area contributed by atoms with Gasteiger partial charge in [0.1, 0.15) is 6.33 Å². The lowest BCUT2D eigenvalue weighted by Crippen LogP contribution is -2.35. The van der Waals surface area contributed by atoms with Crippen molar-refractivity contribution in [3.8, 4) is 5.69 Å². The number of hydrogen-bond acceptors (Lipinski definition) is 6. The quantitative estimate of drug-likeness (QED) is 0.653. The first-order valence-corrected chi connectivity index (χ1v) is 8.48. The standard InChI is InChI=1S/C18H16ClN5O3/c1-12(17(25)20-10-14-4-2-3-5-16(14)19)27-18(26)13-6-8-15(9-7-13)24-11-21-22-23-24/h2-9,11-12H,10H2,1H3,(H,20,25)/t12-/m1/s1. The summed E-state index contributed by atoms with van der Waals surface area (Å²) in [5.74, 6) is -1.01. The lowest BCUT2D eigenvalue weighted by molar-refractivity contribution is -0.129. The van der Waals surface area contributed by atoms with Crippen LogP contribution in [0.15, 0.2) is 54.9 Å². The summed E-state index contributed by atoms with van der Waals surface area (Å²) < 4.78 is 6.67. The van der Waals surface area contributed by atoms with E-state index in [1.807, 2.05) is 18.2 Å². The van der Waals surface area contributed by atoms with Gasteiger partial charge in [-0.15, -0.1) is 5.10 Å². The van der Waals surface area contributed by atoms with Crippen LogP contribution in [-0.4, -0.2) is 38.2 Å². The van der Waals surface area contributed by atoms with E-state index in [-0.39, 0.29) is 6.54 Å². The molecule has 1 aromatic heterocycles. The van der Waals surface area contributed by atoms with Crippen molar-refractivity contribution in [2.24, 2.45) is 0 Å². The van der Waals surface area contributed by atoms with Crippen LogP contribution in [0, 0.1) is 0 Å². The molecule has 0 bridgehead atoms. The zero-order valence-electron chi connectivity index (χ0n) is 14.4. The largest absolute Gasteiger partial charge is 0.449 e. The van der Waals surface area contributed by atoms with Crippen molar-refractivity contribution in [1.29, 1.82) is 0 Å². The number of carbonyl (C=O) groups is 2. The number of tetrazole rings is 1. The molecule has 9 heteroatoms. The van der Waals surface area contributed by atoms with Gasteiger partial charge >= 0.3 is 5.97 Å². The van der Waals surface area contributed by atoms with Gasteiger partial charge in [0.05, 0.1) is 11.3 Å². The summed E-state index contributed by atoms with van der Waals surface area (Å²) in [6.07, 6.45) is 0.498. The number of halogens is 1. The zero-order chi connectivity index (χ0) is 19.2. The molecule has 0 saturated heterocycles. The van der Waals surface area contributed by atoms with Crippen molar-refractivity contribution >= 4 is 23.5 Å². The van der Waals surface area contributed by atoms with Gasteiger partial charge in [-0.25, -0.2) is 9.48 Å². The first-order chi connectivity index (χ1) is 13.0. The Morgan fingerprint density at radius 1 is 1.19 bits per heavy atom. The Balaban J connectivity index is 1.55. The average Bonchev–Trinajstić information content (AvgIpc) is 3.22. The third-order valence-electron chi connectivity index (χ3n) is 3.78. The Hall–Kier alpha value is -3.26. The van der Waals surface area contributed by atoms with Gasteiger partial charge in [0.15, 0.2) is 6.10 Å². The van der Waals surface area contributed by atoms with E-state index in [9.17, 15) is 9.59 Å². The summed E-state index contributed by atoms with van der Waals surface area (Å²) in [7, 11) is 0. The van der Waals surface area contributed by atoms with Crippen LogP contribution in [0.3, 0.4) is 0 Å². The van der Waals surface area contributed by atoms with Crippen LogP contribution in [-0.2, 0) is 16.1 Å². The fourth-order valence-electron chi connectivity index (χ4n) is 2.28. The molecule has 1 N–H and O–H groups in total. The van der Waals surface area contributed by atoms with E-state index in [2.05, 4.69) is 20.8 Å². The molecule has 0 fully saturated rings. The van der Waals surface area contributed by atoms with Crippen LogP contribution in [0.5, 0.6) is 0 Å². The molecule has 0 aliphatic carbocycles. The molecule has 0 unspecified atom stereocenters. The first-order valence-electron chi connectivity index (χ1n) is 8.10. The molecule has 2 aromatic carbocycles. The minimum absolute atomic E-state index is 0.251. The molecular formula is C18H16ClN5O3. The highest BCUT2D eigenvalue weighted by molar-refractivity contribution is 6.31. The summed E-state index contributed by atoms with van der Waals surface area (Å²) in [5, 5.41) is 14.1. The summed E-state index contributed by atoms with van der Waals surface area (Å²) in [6, 6.07) is 13.7. The Morgan fingerprint density at radius 3 is 2.59 bits per heavy atom. The molecule has 1 atom stereocenters. The van der Waals surface area contributed by atoms with Crippen molar-refractivity contribution in [2.45, 2.75) is 19.6 Å². The number of amides is 1. The molecule has 0 aliphatic heterocycles. The van der Waals surface area contributed by atoms with E-state index in [4.69, 9.17) is 16.3 Å². The second-order valence-electron chi connectivity index (χ2n) is 5.66. The molecule has 8 nitrogen and oxygen atoms in total. The minimum Gasteiger partial charge on any atom is -0.449 e. The van der Waals surface area contributed by atoms with Gasteiger partial charge in [-0.3, -0.25) is 4.79 Å². The number of rotatable bonds is 6. The predicted octanol–water partition coefficient (Wildman–Crippen LogP) is 2.18. The number of nitrogens with zero attached hydrogens (tertiary/aromatic N) is 4. The van der Waals surface area contributed by atoms with Crippen LogP contribution < -0.4 is 5.32 Å². The van der Waals surface area contributed by atoms with Crippen LogP contribution >= 0.6 is 11.6 Å². The molecule has 1 amide bonds. The Kier molecular flexibility index (Phi) is 5.77. The van der Waals surface area contributed by atoms with Gasteiger partial charge in [0.25, 0.3) is 5.91 Å². The minimum atomic E-state index is -0.945. The van der Waals surface area contributed by atoms with E-state index >= 15 is 0 Å². The van der Waals surface area contributed by atoms with Crippen LogP contribution in [0.25, 0.3) is 5.69 Å². The number of hydrogen-bond donors (Lipinski definition) is 1. The maximum atomic E-state index is 12.2. The third-order valence-corrected chi connectivity index (χ3v) is 4.15. The monoisotopic (exact) mass is 385 g/mol. The Morgan fingerprint density at radius 2 is 1.93 bits per heavy atom. The van der Waals surface area contributed by atoms with Crippen molar-refractivity contribution < 1.29 is 14.3 Å². The molecule has 3 aromatic rings. The Bertz CT molecular complexity index is 928. The summed E-state index contributed by atoms with van der Waals surface area (Å²) in [6.45, 7) is 1.76. The Labute approximate surface area is 160 Å². The number of nitrogens with one attached hydrogen (secondary N) is 1. The maximum absolute atomic E-state index is 12.2. The van der Waals surface area contributed by atoms with Crippen molar-refractivity contribution in [1.82, 2.24) is 25.5 Å². The van der Waals surface area contributed by atoms with E-state index in [0.717, 1.165) is 5.56 Å². The topological polar surface area (TPSA) is 99.0 Å². The second-order valence-corrected chi connectivity index (χ2v) is 6.07. The maximum Gasteiger partial charge on any atom is 0.338 e. The summed E-state index contributed by atoms with van der Waals surface area (Å²) in [4.78, 5) is 24.4. The molecule has 0 spiro atoms. The van der Waals surface area contributed by atoms with Crippen molar-refractivity contribution in [2.75, 3.05) is 0 Å². The lowest BCUT2D eigenvalue weighted by Gasteiger charge is -2.14. The summed E-state index contributed by atoms with van der Waals surface area (Å²) in [5.41, 5.74) is 1.80. The number of ether oxygens (including phenoxy) is 1. The second kappa shape index (κ2) is 8.41. The molecule has 138 valence electrons. The SMILES string of the molecule is C[C@@H](OC(=O)c1ccc(-n2cnnn2)cc1)C(=O)NCc1ccccc1Cl. The predicted molar refractivity (Wildman–Crippen MR) is 97.3 cm³/mol. The van der Waals surface area contributed by atoms with E-state index in [1.54, 1.807) is 30.3 Å². The fourth-order valence-corrected chi connectivity index (χ4v) is 2.48.